The molecule has 110 valence electrons. The Hall–Kier alpha value is -2.53. The van der Waals surface area contributed by atoms with Gasteiger partial charge in [0.2, 0.25) is 0 Å². The number of aliphatic hydroxyl groups excluding tert-OH is 1. The van der Waals surface area contributed by atoms with Gasteiger partial charge in [0.1, 0.15) is 5.75 Å². The Morgan fingerprint density at radius 2 is 2.00 bits per heavy atom. The lowest BCUT2D eigenvalue weighted by molar-refractivity contribution is 0.0945. The predicted octanol–water partition coefficient (Wildman–Crippen LogP) is 2.16. The minimum atomic E-state index is -0.227. The SMILES string of the molecule is COc1cccc(Nc2ccccc2C(=O)NCCO)c1. The zero-order valence-corrected chi connectivity index (χ0v) is 11.8. The van der Waals surface area contributed by atoms with Crippen LogP contribution in [0.15, 0.2) is 48.5 Å². The molecule has 0 aliphatic heterocycles. The van der Waals surface area contributed by atoms with Crippen molar-refractivity contribution < 1.29 is 14.6 Å². The molecule has 0 radical (unpaired) electrons. The van der Waals surface area contributed by atoms with Crippen molar-refractivity contribution in [3.63, 3.8) is 0 Å². The first kappa shape index (κ1) is 14.9. The van der Waals surface area contributed by atoms with Gasteiger partial charge in [-0.2, -0.15) is 0 Å². The average Bonchev–Trinajstić information content (AvgIpc) is 2.53. The molecule has 0 saturated carbocycles. The Bertz CT molecular complexity index is 614. The fourth-order valence-corrected chi connectivity index (χ4v) is 1.91. The highest BCUT2D eigenvalue weighted by Gasteiger charge is 2.10. The fraction of sp³-hybridized carbons (Fsp3) is 0.188. The molecule has 0 bridgehead atoms. The minimum Gasteiger partial charge on any atom is -0.497 e. The second-order valence-corrected chi connectivity index (χ2v) is 4.38. The molecule has 2 aromatic rings. The largest absolute Gasteiger partial charge is 0.497 e. The van der Waals surface area contributed by atoms with Gasteiger partial charge in [-0.1, -0.05) is 18.2 Å². The maximum absolute atomic E-state index is 12.1. The van der Waals surface area contributed by atoms with E-state index in [2.05, 4.69) is 10.6 Å². The summed E-state index contributed by atoms with van der Waals surface area (Å²) in [6.07, 6.45) is 0. The van der Waals surface area contributed by atoms with Crippen molar-refractivity contribution in [2.75, 3.05) is 25.6 Å². The molecule has 21 heavy (non-hydrogen) atoms. The van der Waals surface area contributed by atoms with Gasteiger partial charge in [-0.05, 0) is 24.3 Å². The first-order valence-electron chi connectivity index (χ1n) is 6.63. The molecular weight excluding hydrogens is 268 g/mol. The maximum atomic E-state index is 12.1. The van der Waals surface area contributed by atoms with Gasteiger partial charge in [-0.25, -0.2) is 0 Å². The molecule has 3 N–H and O–H groups in total. The quantitative estimate of drug-likeness (QED) is 0.761. The smallest absolute Gasteiger partial charge is 0.253 e. The van der Waals surface area contributed by atoms with E-state index in [4.69, 9.17) is 9.84 Å². The van der Waals surface area contributed by atoms with E-state index >= 15 is 0 Å². The zero-order valence-electron chi connectivity index (χ0n) is 11.8. The summed E-state index contributed by atoms with van der Waals surface area (Å²) >= 11 is 0. The predicted molar refractivity (Wildman–Crippen MR) is 82.1 cm³/mol. The highest BCUT2D eigenvalue weighted by Crippen LogP contribution is 2.23. The van der Waals surface area contributed by atoms with E-state index in [0.717, 1.165) is 11.4 Å². The zero-order chi connectivity index (χ0) is 15.1. The number of nitrogens with one attached hydrogen (secondary N) is 2. The molecule has 1 amide bonds. The number of hydrogen-bond acceptors (Lipinski definition) is 4. The second-order valence-electron chi connectivity index (χ2n) is 4.38. The van der Waals surface area contributed by atoms with Crippen molar-refractivity contribution >= 4 is 17.3 Å². The molecule has 0 aliphatic carbocycles. The van der Waals surface area contributed by atoms with Gasteiger partial charge in [0.25, 0.3) is 5.91 Å². The first-order valence-corrected chi connectivity index (χ1v) is 6.63. The Labute approximate surface area is 123 Å². The number of aliphatic hydroxyl groups is 1. The van der Waals surface area contributed by atoms with Crippen molar-refractivity contribution in [2.45, 2.75) is 0 Å². The number of hydrogen-bond donors (Lipinski definition) is 3. The van der Waals surface area contributed by atoms with Crippen molar-refractivity contribution in [2.24, 2.45) is 0 Å². The number of carbonyl (C=O) groups excluding carboxylic acids is 1. The van der Waals surface area contributed by atoms with E-state index in [9.17, 15) is 4.79 Å². The van der Waals surface area contributed by atoms with Crippen LogP contribution in [0.4, 0.5) is 11.4 Å². The summed E-state index contributed by atoms with van der Waals surface area (Å²) in [5, 5.41) is 14.6. The number of anilines is 2. The summed E-state index contributed by atoms with van der Waals surface area (Å²) in [6.45, 7) is 0.142. The van der Waals surface area contributed by atoms with Gasteiger partial charge in [-0.3, -0.25) is 4.79 Å². The summed E-state index contributed by atoms with van der Waals surface area (Å²) < 4.78 is 5.18. The fourth-order valence-electron chi connectivity index (χ4n) is 1.91. The third kappa shape index (κ3) is 3.97. The number of rotatable bonds is 6. The highest BCUT2D eigenvalue weighted by atomic mass is 16.5. The third-order valence-corrected chi connectivity index (χ3v) is 2.92. The van der Waals surface area contributed by atoms with Crippen LogP contribution in [0.1, 0.15) is 10.4 Å². The lowest BCUT2D eigenvalue weighted by Gasteiger charge is -2.12. The van der Waals surface area contributed by atoms with Gasteiger partial charge >= 0.3 is 0 Å². The van der Waals surface area contributed by atoms with Crippen LogP contribution in [0.5, 0.6) is 5.75 Å². The van der Waals surface area contributed by atoms with Crippen molar-refractivity contribution in [3.05, 3.63) is 54.1 Å². The van der Waals surface area contributed by atoms with Crippen LogP contribution in [-0.2, 0) is 0 Å². The average molecular weight is 286 g/mol. The van der Waals surface area contributed by atoms with Gasteiger partial charge in [0.05, 0.1) is 25.0 Å². The van der Waals surface area contributed by atoms with Crippen LogP contribution in [0.3, 0.4) is 0 Å². The Morgan fingerprint density at radius 3 is 2.76 bits per heavy atom. The highest BCUT2D eigenvalue weighted by molar-refractivity contribution is 6.00. The molecule has 0 saturated heterocycles. The van der Waals surface area contributed by atoms with E-state index in [1.807, 2.05) is 36.4 Å². The summed E-state index contributed by atoms with van der Waals surface area (Å²) in [6, 6.07) is 14.7. The van der Waals surface area contributed by atoms with E-state index in [-0.39, 0.29) is 19.1 Å². The van der Waals surface area contributed by atoms with Crippen LogP contribution in [-0.4, -0.2) is 31.3 Å². The van der Waals surface area contributed by atoms with E-state index in [0.29, 0.717) is 11.3 Å². The number of para-hydroxylation sites is 1. The lowest BCUT2D eigenvalue weighted by Crippen LogP contribution is -2.26. The van der Waals surface area contributed by atoms with Crippen LogP contribution in [0.25, 0.3) is 0 Å². The van der Waals surface area contributed by atoms with E-state index in [1.54, 1.807) is 19.2 Å². The number of benzene rings is 2. The molecule has 0 aromatic heterocycles. The van der Waals surface area contributed by atoms with Crippen LogP contribution in [0, 0.1) is 0 Å². The number of ether oxygens (including phenoxy) is 1. The molecule has 0 unspecified atom stereocenters. The minimum absolute atomic E-state index is 0.0861. The van der Waals surface area contributed by atoms with Crippen LogP contribution < -0.4 is 15.4 Å². The standard InChI is InChI=1S/C16H18N2O3/c1-21-13-6-4-5-12(11-13)18-15-8-3-2-7-14(15)16(20)17-9-10-19/h2-8,11,18-19H,9-10H2,1H3,(H,17,20). The molecule has 0 heterocycles. The van der Waals surface area contributed by atoms with Gasteiger partial charge in [0.15, 0.2) is 0 Å². The second kappa shape index (κ2) is 7.31. The lowest BCUT2D eigenvalue weighted by atomic mass is 10.1. The number of amides is 1. The third-order valence-electron chi connectivity index (χ3n) is 2.92. The molecule has 0 atom stereocenters. The van der Waals surface area contributed by atoms with Crippen LogP contribution in [0.2, 0.25) is 0 Å². The molecule has 0 fully saturated rings. The Balaban J connectivity index is 2.21. The van der Waals surface area contributed by atoms with E-state index < -0.39 is 0 Å². The summed E-state index contributed by atoms with van der Waals surface area (Å²) in [4.78, 5) is 12.1. The first-order chi connectivity index (χ1) is 10.2. The Kier molecular flexibility index (Phi) is 5.17. The van der Waals surface area contributed by atoms with E-state index in [1.165, 1.54) is 0 Å². The van der Waals surface area contributed by atoms with Crippen molar-refractivity contribution in [3.8, 4) is 5.75 Å². The summed E-state index contributed by atoms with van der Waals surface area (Å²) in [7, 11) is 1.61. The summed E-state index contributed by atoms with van der Waals surface area (Å²) in [5.41, 5.74) is 2.05. The molecular formula is C16H18N2O3. The Morgan fingerprint density at radius 1 is 1.19 bits per heavy atom. The normalized spacial score (nSPS) is 10.0. The maximum Gasteiger partial charge on any atom is 0.253 e. The monoisotopic (exact) mass is 286 g/mol. The molecule has 0 spiro atoms. The molecule has 5 heteroatoms. The molecule has 2 rings (SSSR count). The van der Waals surface area contributed by atoms with Gasteiger partial charge in [-0.15, -0.1) is 0 Å². The van der Waals surface area contributed by atoms with Gasteiger partial charge in [0, 0.05) is 18.3 Å². The van der Waals surface area contributed by atoms with Gasteiger partial charge < -0.3 is 20.5 Å². The summed E-state index contributed by atoms with van der Waals surface area (Å²) in [5.74, 6) is 0.511. The van der Waals surface area contributed by atoms with Crippen molar-refractivity contribution in [1.82, 2.24) is 5.32 Å². The number of carbonyl (C=O) groups is 1. The van der Waals surface area contributed by atoms with Crippen LogP contribution >= 0.6 is 0 Å². The molecule has 0 aliphatic rings. The topological polar surface area (TPSA) is 70.6 Å². The molecule has 5 nitrogen and oxygen atoms in total. The van der Waals surface area contributed by atoms with Crippen molar-refractivity contribution in [1.29, 1.82) is 0 Å². The number of methoxy groups -OCH3 is 1. The molecule has 2 aromatic carbocycles.